The average Bonchev–Trinajstić information content (AvgIpc) is 2.63. The van der Waals surface area contributed by atoms with E-state index in [-0.39, 0.29) is 5.91 Å². The summed E-state index contributed by atoms with van der Waals surface area (Å²) in [7, 11) is 1.56. The molecule has 0 heterocycles. The topological polar surface area (TPSA) is 84.9 Å². The molecule has 144 valence electrons. The molecule has 0 atom stereocenters. The second kappa shape index (κ2) is 8.88. The molecule has 0 aromatic heterocycles. The summed E-state index contributed by atoms with van der Waals surface area (Å²) in [5.74, 6) is -0.899. The Morgan fingerprint density at radius 3 is 2.37 bits per heavy atom. The smallest absolute Gasteiger partial charge is 0.313 e. The first-order valence-electron chi connectivity index (χ1n) is 8.32. The summed E-state index contributed by atoms with van der Waals surface area (Å²) in [6, 6.07) is 11.5. The van der Waals surface area contributed by atoms with Gasteiger partial charge in [-0.3, -0.25) is 9.59 Å². The van der Waals surface area contributed by atoms with Crippen LogP contribution in [0.4, 0.5) is 5.69 Å². The Morgan fingerprint density at radius 1 is 1.11 bits per heavy atom. The number of ether oxygens (including phenoxy) is 2. The lowest BCUT2D eigenvalue weighted by Crippen LogP contribution is -2.28. The third-order valence-electron chi connectivity index (χ3n) is 4.13. The number of carbonyl (C=O) groups excluding carboxylic acids is 1. The lowest BCUT2D eigenvalue weighted by atomic mass is 9.85. The number of carboxylic acid groups (broad SMARTS) is 1. The molecule has 0 aliphatic carbocycles. The highest BCUT2D eigenvalue weighted by molar-refractivity contribution is 6.31. The molecule has 0 aliphatic heterocycles. The molecule has 0 saturated carbocycles. The van der Waals surface area contributed by atoms with Gasteiger partial charge in [0.05, 0.1) is 17.6 Å². The summed E-state index contributed by atoms with van der Waals surface area (Å²) in [6.45, 7) is 3.94. The highest BCUT2D eigenvalue weighted by Crippen LogP contribution is 2.27. The number of carbonyl (C=O) groups is 2. The van der Waals surface area contributed by atoms with Crippen LogP contribution >= 0.6 is 11.6 Å². The molecule has 2 aromatic carbocycles. The van der Waals surface area contributed by atoms with Gasteiger partial charge in [0.25, 0.3) is 5.91 Å². The van der Waals surface area contributed by atoms with Crippen molar-refractivity contribution in [2.75, 3.05) is 25.6 Å². The number of methoxy groups -OCH3 is 1. The minimum atomic E-state index is -1.02. The van der Waals surface area contributed by atoms with Crippen molar-refractivity contribution in [2.45, 2.75) is 19.3 Å². The van der Waals surface area contributed by atoms with E-state index in [1.807, 2.05) is 0 Å². The number of anilines is 1. The average molecular weight is 392 g/mol. The molecule has 2 rings (SSSR count). The van der Waals surface area contributed by atoms with Crippen molar-refractivity contribution in [2.24, 2.45) is 0 Å². The number of nitrogens with one attached hydrogen (secondary N) is 1. The molecule has 0 aliphatic rings. The summed E-state index contributed by atoms with van der Waals surface area (Å²) in [6.07, 6.45) is 0. The first kappa shape index (κ1) is 20.7. The van der Waals surface area contributed by atoms with Crippen LogP contribution in [-0.2, 0) is 14.9 Å². The molecule has 0 spiro atoms. The summed E-state index contributed by atoms with van der Waals surface area (Å²) in [4.78, 5) is 24.0. The number of hydrogen-bond acceptors (Lipinski definition) is 4. The molecular formula is C20H22ClNO5. The van der Waals surface area contributed by atoms with Gasteiger partial charge in [-0.2, -0.15) is 0 Å². The van der Waals surface area contributed by atoms with Gasteiger partial charge in [-0.05, 0) is 49.7 Å². The van der Waals surface area contributed by atoms with Gasteiger partial charge in [0.2, 0.25) is 0 Å². The van der Waals surface area contributed by atoms with E-state index in [0.29, 0.717) is 40.8 Å². The Kier molecular flexibility index (Phi) is 6.82. The molecule has 1 amide bonds. The van der Waals surface area contributed by atoms with Crippen LogP contribution in [0.1, 0.15) is 29.8 Å². The largest absolute Gasteiger partial charge is 0.490 e. The van der Waals surface area contributed by atoms with E-state index < -0.39 is 11.4 Å². The molecule has 27 heavy (non-hydrogen) atoms. The van der Waals surface area contributed by atoms with Crippen molar-refractivity contribution < 1.29 is 24.2 Å². The first-order valence-corrected chi connectivity index (χ1v) is 8.70. The van der Waals surface area contributed by atoms with E-state index in [4.69, 9.17) is 21.1 Å². The van der Waals surface area contributed by atoms with Crippen LogP contribution in [0.5, 0.6) is 5.75 Å². The molecule has 2 N–H and O–H groups in total. The molecule has 7 heteroatoms. The Bertz CT molecular complexity index is 818. The van der Waals surface area contributed by atoms with Gasteiger partial charge < -0.3 is 19.9 Å². The van der Waals surface area contributed by atoms with Crippen LogP contribution in [0.15, 0.2) is 42.5 Å². The number of halogens is 1. The maximum atomic E-state index is 12.6. The van der Waals surface area contributed by atoms with Crippen LogP contribution < -0.4 is 10.1 Å². The van der Waals surface area contributed by atoms with Gasteiger partial charge in [0.15, 0.2) is 0 Å². The van der Waals surface area contributed by atoms with E-state index in [0.717, 1.165) is 0 Å². The fourth-order valence-corrected chi connectivity index (χ4v) is 2.50. The third-order valence-corrected chi connectivity index (χ3v) is 4.37. The van der Waals surface area contributed by atoms with Crippen LogP contribution in [0.3, 0.4) is 0 Å². The molecule has 0 saturated heterocycles. The fraction of sp³-hybridized carbons (Fsp3) is 0.300. The summed E-state index contributed by atoms with van der Waals surface area (Å²) >= 11 is 6.01. The van der Waals surface area contributed by atoms with Crippen LogP contribution in [-0.4, -0.2) is 37.3 Å². The molecule has 0 radical (unpaired) electrons. The molecule has 2 aromatic rings. The number of aliphatic carboxylic acids is 1. The normalized spacial score (nSPS) is 11.1. The second-order valence-corrected chi connectivity index (χ2v) is 6.88. The van der Waals surface area contributed by atoms with Gasteiger partial charge in [-0.25, -0.2) is 0 Å². The predicted octanol–water partition coefficient (Wildman–Crippen LogP) is 3.98. The maximum absolute atomic E-state index is 12.6. The molecule has 0 bridgehead atoms. The summed E-state index contributed by atoms with van der Waals surface area (Å²) in [5.41, 5.74) is 0.457. The van der Waals surface area contributed by atoms with Gasteiger partial charge in [-0.1, -0.05) is 23.7 Å². The van der Waals surface area contributed by atoms with Crippen molar-refractivity contribution in [3.8, 4) is 5.75 Å². The van der Waals surface area contributed by atoms with E-state index in [2.05, 4.69) is 5.32 Å². The molecular weight excluding hydrogens is 370 g/mol. The maximum Gasteiger partial charge on any atom is 0.313 e. The van der Waals surface area contributed by atoms with Gasteiger partial charge in [-0.15, -0.1) is 0 Å². The van der Waals surface area contributed by atoms with Crippen molar-refractivity contribution in [3.05, 3.63) is 58.6 Å². The Hall–Kier alpha value is -2.57. The number of carboxylic acids is 1. The minimum Gasteiger partial charge on any atom is -0.490 e. The Labute approximate surface area is 163 Å². The van der Waals surface area contributed by atoms with E-state index >= 15 is 0 Å². The molecule has 0 unspecified atom stereocenters. The van der Waals surface area contributed by atoms with E-state index in [1.54, 1.807) is 57.4 Å². The third kappa shape index (κ3) is 5.21. The van der Waals surface area contributed by atoms with E-state index in [1.165, 1.54) is 6.07 Å². The van der Waals surface area contributed by atoms with Crippen LogP contribution in [0.25, 0.3) is 0 Å². The Balaban J connectivity index is 2.17. The zero-order chi connectivity index (χ0) is 20.0. The van der Waals surface area contributed by atoms with Crippen LogP contribution in [0, 0.1) is 0 Å². The lowest BCUT2D eigenvalue weighted by Gasteiger charge is -2.20. The zero-order valence-electron chi connectivity index (χ0n) is 15.4. The summed E-state index contributed by atoms with van der Waals surface area (Å²) < 4.78 is 10.5. The number of amides is 1. The molecule has 0 fully saturated rings. The number of rotatable bonds is 8. The SMILES string of the molecule is COCCOc1ccc(Cl)cc1C(=O)Nc1ccc(C(C)(C)C(=O)O)cc1. The lowest BCUT2D eigenvalue weighted by molar-refractivity contribution is -0.142. The van der Waals surface area contributed by atoms with Crippen LogP contribution in [0.2, 0.25) is 5.02 Å². The summed E-state index contributed by atoms with van der Waals surface area (Å²) in [5, 5.41) is 12.5. The minimum absolute atomic E-state index is 0.300. The van der Waals surface area contributed by atoms with Crippen molar-refractivity contribution in [1.82, 2.24) is 0 Å². The van der Waals surface area contributed by atoms with Crippen molar-refractivity contribution in [1.29, 1.82) is 0 Å². The number of benzene rings is 2. The van der Waals surface area contributed by atoms with Crippen molar-refractivity contribution >= 4 is 29.2 Å². The Morgan fingerprint density at radius 2 is 1.78 bits per heavy atom. The molecule has 6 nitrogen and oxygen atoms in total. The zero-order valence-corrected chi connectivity index (χ0v) is 16.2. The quantitative estimate of drug-likeness (QED) is 0.665. The van der Waals surface area contributed by atoms with Gasteiger partial charge in [0.1, 0.15) is 12.4 Å². The highest BCUT2D eigenvalue weighted by Gasteiger charge is 2.29. The van der Waals surface area contributed by atoms with E-state index in [9.17, 15) is 14.7 Å². The predicted molar refractivity (Wildman–Crippen MR) is 104 cm³/mol. The number of hydrogen-bond donors (Lipinski definition) is 2. The standard InChI is InChI=1S/C20H22ClNO5/c1-20(2,19(24)25)13-4-7-15(8-5-13)22-18(23)16-12-14(21)6-9-17(16)27-11-10-26-3/h4-9,12H,10-11H2,1-3H3,(H,22,23)(H,24,25). The fourth-order valence-electron chi connectivity index (χ4n) is 2.33. The highest BCUT2D eigenvalue weighted by atomic mass is 35.5. The second-order valence-electron chi connectivity index (χ2n) is 6.44. The van der Waals surface area contributed by atoms with Gasteiger partial charge >= 0.3 is 5.97 Å². The monoisotopic (exact) mass is 391 g/mol. The first-order chi connectivity index (χ1) is 12.8. The van der Waals surface area contributed by atoms with Gasteiger partial charge in [0, 0.05) is 17.8 Å². The van der Waals surface area contributed by atoms with Crippen molar-refractivity contribution in [3.63, 3.8) is 0 Å².